The number of nitrogens with one attached hydrogen (secondary N) is 3. The maximum Gasteiger partial charge on any atom is 0.355 e. The van der Waals surface area contributed by atoms with Crippen molar-refractivity contribution in [2.45, 2.75) is 6.92 Å². The number of hydrogen-bond donors (Lipinski definition) is 3. The maximum absolute atomic E-state index is 11.9. The van der Waals surface area contributed by atoms with Crippen molar-refractivity contribution in [1.29, 1.82) is 0 Å². The van der Waals surface area contributed by atoms with Crippen molar-refractivity contribution < 1.29 is 19.4 Å². The average molecular weight is 439 g/mol. The van der Waals surface area contributed by atoms with Crippen molar-refractivity contribution in [2.24, 2.45) is 0 Å². The van der Waals surface area contributed by atoms with Crippen LogP contribution in [-0.2, 0) is 4.74 Å². The first-order valence-corrected chi connectivity index (χ1v) is 9.19. The van der Waals surface area contributed by atoms with Gasteiger partial charge in [0, 0.05) is 17.8 Å². The number of benzene rings is 2. The molecule has 0 saturated carbocycles. The summed E-state index contributed by atoms with van der Waals surface area (Å²) in [6, 6.07) is 11.7. The summed E-state index contributed by atoms with van der Waals surface area (Å²) in [5.74, 6) is -0.783. The predicted molar refractivity (Wildman–Crippen MR) is 115 cm³/mol. The lowest BCUT2D eigenvalue weighted by atomic mass is 10.2. The van der Waals surface area contributed by atoms with E-state index in [1.807, 2.05) is 0 Å². The van der Waals surface area contributed by atoms with Gasteiger partial charge in [-0.25, -0.2) is 14.8 Å². The Labute approximate surface area is 180 Å². The van der Waals surface area contributed by atoms with Crippen LogP contribution in [0.2, 0.25) is 0 Å². The van der Waals surface area contributed by atoms with E-state index in [2.05, 4.69) is 26.1 Å². The maximum atomic E-state index is 11.9. The molecule has 3 aromatic rings. The molecule has 0 aliphatic rings. The summed E-state index contributed by atoms with van der Waals surface area (Å²) in [4.78, 5) is 40.9. The molecule has 0 saturated heterocycles. The molecule has 13 heteroatoms. The Morgan fingerprint density at radius 2 is 1.69 bits per heavy atom. The van der Waals surface area contributed by atoms with Crippen molar-refractivity contribution in [1.82, 2.24) is 9.97 Å². The van der Waals surface area contributed by atoms with Gasteiger partial charge in [-0.3, -0.25) is 31.1 Å². The van der Waals surface area contributed by atoms with Crippen molar-refractivity contribution in [3.63, 3.8) is 0 Å². The fourth-order valence-corrected chi connectivity index (χ4v) is 2.61. The Bertz CT molecular complexity index is 1150. The minimum Gasteiger partial charge on any atom is -0.462 e. The zero-order chi connectivity index (χ0) is 23.1. The molecule has 3 N–H and O–H groups in total. The summed E-state index contributed by atoms with van der Waals surface area (Å²) in [6.45, 7) is 1.90. The molecular weight excluding hydrogens is 422 g/mol. The highest BCUT2D eigenvalue weighted by Crippen LogP contribution is 2.31. The number of nitro groups is 2. The standard InChI is InChI=1S/C19H17N7O6/c1-2-32-19(27)12-4-3-5-14(10-12)22-17-16(26(30)31)18(21-11-20-17)24-23-13-6-8-15(9-7-13)25(28)29/h3-11,23H,2H2,1H3,(H2,20,21,22,24). The van der Waals surface area contributed by atoms with Gasteiger partial charge in [-0.2, -0.15) is 0 Å². The fraction of sp³-hybridized carbons (Fsp3) is 0.105. The van der Waals surface area contributed by atoms with Gasteiger partial charge in [0.2, 0.25) is 11.6 Å². The number of nitro benzene ring substituents is 1. The molecule has 1 aromatic heterocycles. The number of carbonyl (C=O) groups is 1. The molecular formula is C19H17N7O6. The smallest absolute Gasteiger partial charge is 0.355 e. The molecule has 3 rings (SSSR count). The molecule has 0 radical (unpaired) electrons. The molecule has 0 unspecified atom stereocenters. The molecule has 0 fully saturated rings. The number of hydrazine groups is 1. The number of ether oxygens (including phenoxy) is 1. The Balaban J connectivity index is 1.82. The molecule has 2 aromatic carbocycles. The van der Waals surface area contributed by atoms with Crippen molar-refractivity contribution in [3.8, 4) is 0 Å². The largest absolute Gasteiger partial charge is 0.462 e. The van der Waals surface area contributed by atoms with Gasteiger partial charge >= 0.3 is 11.7 Å². The summed E-state index contributed by atoms with van der Waals surface area (Å²) in [5.41, 5.74) is 5.82. The van der Waals surface area contributed by atoms with E-state index in [1.54, 1.807) is 25.1 Å². The lowest BCUT2D eigenvalue weighted by Crippen LogP contribution is -2.13. The third-order valence-corrected chi connectivity index (χ3v) is 4.04. The quantitative estimate of drug-likeness (QED) is 0.252. The van der Waals surface area contributed by atoms with Gasteiger partial charge in [-0.05, 0) is 37.3 Å². The second kappa shape index (κ2) is 9.80. The molecule has 0 aliphatic heterocycles. The Hall–Kier alpha value is -4.81. The highest BCUT2D eigenvalue weighted by molar-refractivity contribution is 5.91. The van der Waals surface area contributed by atoms with E-state index in [0.29, 0.717) is 11.4 Å². The minimum absolute atomic E-state index is 0.0971. The van der Waals surface area contributed by atoms with Gasteiger partial charge < -0.3 is 10.1 Å². The van der Waals surface area contributed by atoms with E-state index in [1.165, 1.54) is 30.3 Å². The lowest BCUT2D eigenvalue weighted by Gasteiger charge is -2.12. The molecule has 1 heterocycles. The number of esters is 1. The van der Waals surface area contributed by atoms with Crippen LogP contribution in [0.4, 0.5) is 34.4 Å². The zero-order valence-electron chi connectivity index (χ0n) is 16.6. The number of anilines is 4. The average Bonchev–Trinajstić information content (AvgIpc) is 2.78. The second-order valence-electron chi connectivity index (χ2n) is 6.16. The van der Waals surface area contributed by atoms with Crippen LogP contribution in [0, 0.1) is 20.2 Å². The summed E-state index contributed by atoms with van der Waals surface area (Å²) < 4.78 is 4.95. The number of non-ortho nitro benzene ring substituents is 1. The van der Waals surface area contributed by atoms with E-state index in [-0.39, 0.29) is 29.5 Å². The van der Waals surface area contributed by atoms with Crippen LogP contribution in [0.15, 0.2) is 54.9 Å². The van der Waals surface area contributed by atoms with Crippen LogP contribution in [0.5, 0.6) is 0 Å². The van der Waals surface area contributed by atoms with Gasteiger partial charge in [0.15, 0.2) is 0 Å². The van der Waals surface area contributed by atoms with Crippen LogP contribution in [0.25, 0.3) is 0 Å². The summed E-state index contributed by atoms with van der Waals surface area (Å²) >= 11 is 0. The highest BCUT2D eigenvalue weighted by Gasteiger charge is 2.23. The van der Waals surface area contributed by atoms with E-state index >= 15 is 0 Å². The van der Waals surface area contributed by atoms with Crippen LogP contribution < -0.4 is 16.2 Å². The van der Waals surface area contributed by atoms with E-state index in [9.17, 15) is 25.0 Å². The summed E-state index contributed by atoms with van der Waals surface area (Å²) in [7, 11) is 0. The van der Waals surface area contributed by atoms with Gasteiger partial charge in [0.05, 0.1) is 27.7 Å². The predicted octanol–water partition coefficient (Wildman–Crippen LogP) is 3.65. The van der Waals surface area contributed by atoms with Gasteiger partial charge in [0.1, 0.15) is 6.33 Å². The normalized spacial score (nSPS) is 10.2. The van der Waals surface area contributed by atoms with Crippen LogP contribution in [0.1, 0.15) is 17.3 Å². The topological polar surface area (TPSA) is 174 Å². The lowest BCUT2D eigenvalue weighted by molar-refractivity contribution is -0.384. The molecule has 13 nitrogen and oxygen atoms in total. The highest BCUT2D eigenvalue weighted by atomic mass is 16.6. The molecule has 0 aliphatic carbocycles. The third-order valence-electron chi connectivity index (χ3n) is 4.04. The van der Waals surface area contributed by atoms with Crippen molar-refractivity contribution in [2.75, 3.05) is 22.8 Å². The van der Waals surface area contributed by atoms with Gasteiger partial charge in [-0.15, -0.1) is 0 Å². The Morgan fingerprint density at radius 3 is 2.34 bits per heavy atom. The van der Waals surface area contributed by atoms with Gasteiger partial charge in [0.25, 0.3) is 5.69 Å². The van der Waals surface area contributed by atoms with Crippen LogP contribution >= 0.6 is 0 Å². The number of aromatic nitrogens is 2. The van der Waals surface area contributed by atoms with E-state index in [0.717, 1.165) is 6.33 Å². The van der Waals surface area contributed by atoms with Gasteiger partial charge in [-0.1, -0.05) is 6.07 Å². The monoisotopic (exact) mass is 439 g/mol. The summed E-state index contributed by atoms with van der Waals surface area (Å²) in [6.07, 6.45) is 1.12. The molecule has 0 atom stereocenters. The zero-order valence-corrected chi connectivity index (χ0v) is 16.6. The number of carbonyl (C=O) groups excluding carboxylic acids is 1. The number of rotatable bonds is 9. The Kier molecular flexibility index (Phi) is 6.70. The van der Waals surface area contributed by atoms with E-state index < -0.39 is 21.5 Å². The molecule has 32 heavy (non-hydrogen) atoms. The number of nitrogens with zero attached hydrogens (tertiary/aromatic N) is 4. The van der Waals surface area contributed by atoms with Crippen molar-refractivity contribution in [3.05, 3.63) is 80.7 Å². The first-order valence-electron chi connectivity index (χ1n) is 9.19. The molecule has 0 amide bonds. The van der Waals surface area contributed by atoms with Crippen LogP contribution in [0.3, 0.4) is 0 Å². The fourth-order valence-electron chi connectivity index (χ4n) is 2.61. The first kappa shape index (κ1) is 21.9. The molecule has 0 bridgehead atoms. The molecule has 164 valence electrons. The van der Waals surface area contributed by atoms with E-state index in [4.69, 9.17) is 4.74 Å². The first-order chi connectivity index (χ1) is 15.4. The Morgan fingerprint density at radius 1 is 0.969 bits per heavy atom. The second-order valence-corrected chi connectivity index (χ2v) is 6.16. The number of hydrogen-bond acceptors (Lipinski definition) is 11. The molecule has 0 spiro atoms. The third kappa shape index (κ3) is 5.21. The summed E-state index contributed by atoms with van der Waals surface area (Å²) in [5, 5.41) is 25.2. The van der Waals surface area contributed by atoms with Crippen LogP contribution in [-0.4, -0.2) is 32.4 Å². The SMILES string of the molecule is CCOC(=O)c1cccc(Nc2ncnc(NNc3ccc([N+](=O)[O-])cc3)c2[N+](=O)[O-])c1. The van der Waals surface area contributed by atoms with Crippen molar-refractivity contribution >= 4 is 40.4 Å². The minimum atomic E-state index is -0.669.